The second kappa shape index (κ2) is 5.79. The Morgan fingerprint density at radius 3 is 2.60 bits per heavy atom. The zero-order chi connectivity index (χ0) is 14.7. The van der Waals surface area contributed by atoms with Gasteiger partial charge in [-0.05, 0) is 12.1 Å². The largest absolute Gasteiger partial charge is 0.294 e. The number of non-ortho nitro benzene ring substituents is 1. The lowest BCUT2D eigenvalue weighted by Crippen LogP contribution is -2.06. The molecule has 0 saturated heterocycles. The summed E-state index contributed by atoms with van der Waals surface area (Å²) in [5, 5.41) is 10.8. The normalized spacial score (nSPS) is 10.3. The Bertz CT molecular complexity index is 668. The van der Waals surface area contributed by atoms with Crippen LogP contribution in [0.5, 0.6) is 0 Å². The lowest BCUT2D eigenvalue weighted by atomic mass is 10.0. The highest BCUT2D eigenvalue weighted by atomic mass is 35.5. The number of carbonyl (C=O) groups is 1. The molecule has 0 unspecified atom stereocenters. The average Bonchev–Trinajstić information content (AvgIpc) is 2.43. The third-order valence-electron chi connectivity index (χ3n) is 2.78. The van der Waals surface area contributed by atoms with Gasteiger partial charge in [0.15, 0.2) is 5.78 Å². The highest BCUT2D eigenvalue weighted by molar-refractivity contribution is 6.31. The fourth-order valence-electron chi connectivity index (χ4n) is 1.76. The minimum absolute atomic E-state index is 0.0886. The number of carbonyl (C=O) groups excluding carboxylic acids is 1. The lowest BCUT2D eigenvalue weighted by Gasteiger charge is -2.05. The quantitative estimate of drug-likeness (QED) is 0.489. The van der Waals surface area contributed by atoms with Crippen LogP contribution in [0.15, 0.2) is 42.5 Å². The van der Waals surface area contributed by atoms with Crippen molar-refractivity contribution in [3.05, 3.63) is 74.5 Å². The molecule has 0 aliphatic rings. The number of halogens is 2. The van der Waals surface area contributed by atoms with Crippen LogP contribution < -0.4 is 0 Å². The van der Waals surface area contributed by atoms with Crippen molar-refractivity contribution in [2.75, 3.05) is 0 Å². The molecule has 2 rings (SSSR count). The molecule has 20 heavy (non-hydrogen) atoms. The summed E-state index contributed by atoms with van der Waals surface area (Å²) in [7, 11) is 0. The molecule has 0 aromatic heterocycles. The van der Waals surface area contributed by atoms with Crippen molar-refractivity contribution in [2.24, 2.45) is 0 Å². The molecule has 0 aliphatic heterocycles. The van der Waals surface area contributed by atoms with Crippen LogP contribution >= 0.6 is 11.6 Å². The van der Waals surface area contributed by atoms with Crippen LogP contribution in [0.3, 0.4) is 0 Å². The summed E-state index contributed by atoms with van der Waals surface area (Å²) in [5.74, 6) is -1.00. The smallest absolute Gasteiger partial charge is 0.270 e. The van der Waals surface area contributed by atoms with Crippen molar-refractivity contribution in [3.63, 3.8) is 0 Å². The SMILES string of the molecule is O=C(Cc1c(F)cccc1Cl)c1cccc([N+](=O)[O-])c1. The monoisotopic (exact) mass is 293 g/mol. The molecule has 0 spiro atoms. The Morgan fingerprint density at radius 1 is 1.25 bits per heavy atom. The van der Waals surface area contributed by atoms with Crippen LogP contribution in [0.25, 0.3) is 0 Å². The molecule has 0 fully saturated rings. The minimum atomic E-state index is -0.590. The first-order chi connectivity index (χ1) is 9.49. The van der Waals surface area contributed by atoms with Gasteiger partial charge in [0.05, 0.1) is 4.92 Å². The standard InChI is InChI=1S/C14H9ClFNO3/c15-12-5-2-6-13(16)11(12)8-14(18)9-3-1-4-10(7-9)17(19)20/h1-7H,8H2. The fourth-order valence-corrected chi connectivity index (χ4v) is 1.99. The molecule has 2 aromatic carbocycles. The van der Waals surface area contributed by atoms with E-state index in [4.69, 9.17) is 11.6 Å². The van der Waals surface area contributed by atoms with E-state index in [-0.39, 0.29) is 28.3 Å². The summed E-state index contributed by atoms with van der Waals surface area (Å²) < 4.78 is 13.6. The van der Waals surface area contributed by atoms with Gasteiger partial charge in [0, 0.05) is 34.7 Å². The van der Waals surface area contributed by atoms with Crippen molar-refractivity contribution in [3.8, 4) is 0 Å². The molecule has 6 heteroatoms. The zero-order valence-corrected chi connectivity index (χ0v) is 10.9. The van der Waals surface area contributed by atoms with E-state index >= 15 is 0 Å². The molecule has 0 bridgehead atoms. The Kier molecular flexibility index (Phi) is 4.10. The minimum Gasteiger partial charge on any atom is -0.294 e. The number of nitrogens with zero attached hydrogens (tertiary/aromatic N) is 1. The molecular formula is C14H9ClFNO3. The Balaban J connectivity index is 2.29. The fraction of sp³-hybridized carbons (Fsp3) is 0.0714. The molecule has 0 aliphatic carbocycles. The van der Waals surface area contributed by atoms with Crippen molar-refractivity contribution >= 4 is 23.1 Å². The zero-order valence-electron chi connectivity index (χ0n) is 10.2. The third kappa shape index (κ3) is 3.00. The number of nitro benzene ring substituents is 1. The van der Waals surface area contributed by atoms with E-state index < -0.39 is 16.5 Å². The maximum Gasteiger partial charge on any atom is 0.270 e. The number of benzene rings is 2. The van der Waals surface area contributed by atoms with Gasteiger partial charge in [-0.25, -0.2) is 4.39 Å². The van der Waals surface area contributed by atoms with Gasteiger partial charge in [-0.15, -0.1) is 0 Å². The number of hydrogen-bond acceptors (Lipinski definition) is 3. The van der Waals surface area contributed by atoms with Gasteiger partial charge in [-0.1, -0.05) is 29.8 Å². The predicted molar refractivity (Wildman–Crippen MR) is 72.5 cm³/mol. The van der Waals surface area contributed by atoms with Crippen LogP contribution in [0, 0.1) is 15.9 Å². The Morgan fingerprint density at radius 2 is 1.95 bits per heavy atom. The van der Waals surface area contributed by atoms with Crippen molar-refractivity contribution in [1.29, 1.82) is 0 Å². The second-order valence-corrected chi connectivity index (χ2v) is 4.51. The van der Waals surface area contributed by atoms with E-state index in [1.807, 2.05) is 0 Å². The van der Waals surface area contributed by atoms with Crippen molar-refractivity contribution < 1.29 is 14.1 Å². The summed E-state index contributed by atoms with van der Waals surface area (Å²) in [6.07, 6.45) is -0.243. The highest BCUT2D eigenvalue weighted by Crippen LogP contribution is 2.22. The summed E-state index contributed by atoms with van der Waals surface area (Å²) in [4.78, 5) is 22.1. The van der Waals surface area contributed by atoms with Gasteiger partial charge in [-0.3, -0.25) is 14.9 Å². The number of hydrogen-bond donors (Lipinski definition) is 0. The number of Topliss-reactive ketones (excluding diaryl/α,β-unsaturated/α-hetero) is 1. The highest BCUT2D eigenvalue weighted by Gasteiger charge is 2.15. The molecule has 0 amide bonds. The van der Waals surface area contributed by atoms with E-state index in [0.29, 0.717) is 0 Å². The summed E-state index contributed by atoms with van der Waals surface area (Å²) in [6.45, 7) is 0. The Hall–Kier alpha value is -2.27. The second-order valence-electron chi connectivity index (χ2n) is 4.11. The van der Waals surface area contributed by atoms with E-state index in [1.165, 1.54) is 36.4 Å². The summed E-state index contributed by atoms with van der Waals surface area (Å²) in [5.41, 5.74) is 0.0553. The van der Waals surface area contributed by atoms with Gasteiger partial charge in [0.2, 0.25) is 0 Å². The number of ketones is 1. The molecule has 0 heterocycles. The topological polar surface area (TPSA) is 60.2 Å². The molecular weight excluding hydrogens is 285 g/mol. The molecule has 0 radical (unpaired) electrons. The third-order valence-corrected chi connectivity index (χ3v) is 3.13. The predicted octanol–water partition coefficient (Wildman–Crippen LogP) is 3.81. The van der Waals surface area contributed by atoms with Crippen LogP contribution in [0.1, 0.15) is 15.9 Å². The van der Waals surface area contributed by atoms with Crippen molar-refractivity contribution in [1.82, 2.24) is 0 Å². The van der Waals surface area contributed by atoms with Crippen molar-refractivity contribution in [2.45, 2.75) is 6.42 Å². The van der Waals surface area contributed by atoms with Gasteiger partial charge >= 0.3 is 0 Å². The van der Waals surface area contributed by atoms with E-state index in [1.54, 1.807) is 0 Å². The van der Waals surface area contributed by atoms with Crippen LogP contribution in [0.2, 0.25) is 5.02 Å². The first-order valence-electron chi connectivity index (χ1n) is 5.69. The molecule has 0 atom stereocenters. The lowest BCUT2D eigenvalue weighted by molar-refractivity contribution is -0.384. The maximum atomic E-state index is 13.6. The van der Waals surface area contributed by atoms with E-state index in [0.717, 1.165) is 6.07 Å². The van der Waals surface area contributed by atoms with Crippen LogP contribution in [-0.2, 0) is 6.42 Å². The molecule has 0 saturated carbocycles. The molecule has 2 aromatic rings. The molecule has 0 N–H and O–H groups in total. The van der Waals surface area contributed by atoms with E-state index in [9.17, 15) is 19.3 Å². The van der Waals surface area contributed by atoms with Gasteiger partial charge in [0.25, 0.3) is 5.69 Å². The molecule has 102 valence electrons. The van der Waals surface area contributed by atoms with E-state index in [2.05, 4.69) is 0 Å². The van der Waals surface area contributed by atoms with Crippen LogP contribution in [-0.4, -0.2) is 10.7 Å². The Labute approximate surface area is 119 Å². The van der Waals surface area contributed by atoms with Gasteiger partial charge in [-0.2, -0.15) is 0 Å². The first-order valence-corrected chi connectivity index (χ1v) is 6.07. The number of nitro groups is 1. The summed E-state index contributed by atoms with van der Waals surface area (Å²) >= 11 is 5.84. The summed E-state index contributed by atoms with van der Waals surface area (Å²) in [6, 6.07) is 9.45. The first kappa shape index (κ1) is 14.1. The average molecular weight is 294 g/mol. The van der Waals surface area contributed by atoms with Gasteiger partial charge in [0.1, 0.15) is 5.82 Å². The number of rotatable bonds is 4. The maximum absolute atomic E-state index is 13.6. The van der Waals surface area contributed by atoms with Gasteiger partial charge < -0.3 is 0 Å². The van der Waals surface area contributed by atoms with Crippen LogP contribution in [0.4, 0.5) is 10.1 Å². The molecule has 4 nitrogen and oxygen atoms in total.